The normalized spacial score (nSPS) is 31.1. The van der Waals surface area contributed by atoms with Crippen LogP contribution in [0.25, 0.3) is 0 Å². The molecule has 0 radical (unpaired) electrons. The number of hydrogen-bond donors (Lipinski definition) is 1. The van der Waals surface area contributed by atoms with E-state index in [1.54, 1.807) is 19.1 Å². The summed E-state index contributed by atoms with van der Waals surface area (Å²) >= 11 is 0. The summed E-state index contributed by atoms with van der Waals surface area (Å²) in [4.78, 5) is 6.78. The van der Waals surface area contributed by atoms with Crippen LogP contribution in [-0.4, -0.2) is 41.1 Å². The van der Waals surface area contributed by atoms with Crippen LogP contribution in [-0.2, 0) is 10.1 Å². The van der Waals surface area contributed by atoms with Crippen LogP contribution in [0.2, 0.25) is 0 Å². The molecule has 2 atom stereocenters. The molecule has 6 nitrogen and oxygen atoms in total. The van der Waals surface area contributed by atoms with E-state index in [-0.39, 0.29) is 6.42 Å². The second kappa shape index (κ2) is 5.45. The largest absolute Gasteiger partial charge is 0.459 e. The van der Waals surface area contributed by atoms with Crippen molar-refractivity contribution >= 4 is 22.0 Å². The number of allylic oxidation sites excluding steroid dienone is 1. The quantitative estimate of drug-likeness (QED) is 0.782. The minimum absolute atomic E-state index is 0.210. The maximum absolute atomic E-state index is 12.0. The molecule has 27 heavy (non-hydrogen) atoms. The lowest BCUT2D eigenvalue weighted by Gasteiger charge is -2.47. The van der Waals surface area contributed by atoms with Crippen molar-refractivity contribution in [3.63, 3.8) is 0 Å². The van der Waals surface area contributed by atoms with Crippen molar-refractivity contribution < 1.29 is 17.7 Å². The van der Waals surface area contributed by atoms with Gasteiger partial charge in [0.15, 0.2) is 0 Å². The number of likely N-dealkylation sites (N-methyl/N-ethyl adjacent to an activating group) is 1. The molecule has 1 spiro atoms. The molecule has 2 aliphatic heterocycles. The van der Waals surface area contributed by atoms with E-state index in [1.807, 2.05) is 51.3 Å². The molecule has 0 aromatic heterocycles. The van der Waals surface area contributed by atoms with Crippen LogP contribution < -0.4 is 4.74 Å². The van der Waals surface area contributed by atoms with E-state index in [9.17, 15) is 13.0 Å². The molecule has 1 aliphatic carbocycles. The molecule has 7 heteroatoms. The molecule has 1 aromatic carbocycles. The highest BCUT2D eigenvalue weighted by atomic mass is 32.2. The number of nitrogens with zero attached hydrogens (tertiary/aromatic N) is 2. The topological polar surface area (TPSA) is 79.2 Å². The molecule has 0 saturated carbocycles. The molecular formula is C20H24N2O4S. The van der Waals surface area contributed by atoms with E-state index in [0.717, 1.165) is 17.0 Å². The van der Waals surface area contributed by atoms with Gasteiger partial charge in [-0.25, -0.2) is 0 Å². The van der Waals surface area contributed by atoms with Crippen LogP contribution >= 0.6 is 0 Å². The summed E-state index contributed by atoms with van der Waals surface area (Å²) in [5.41, 5.74) is 1.26. The molecule has 2 heterocycles. The van der Waals surface area contributed by atoms with E-state index in [2.05, 4.69) is 9.89 Å². The highest BCUT2D eigenvalue weighted by molar-refractivity contribution is 7.87. The number of fused-ring (bicyclic) bond motifs is 1. The molecule has 1 aromatic rings. The number of aliphatic imine (C=N–C) groups is 1. The van der Waals surface area contributed by atoms with Gasteiger partial charge >= 0.3 is 0 Å². The molecule has 0 amide bonds. The molecule has 4 rings (SSSR count). The standard InChI is InChI=1S/C20H24N2O4S/c1-5-22-16-10-11-19(4,27(23,24)25)12-14(16)18(2,3)20(22)13-21-15-8-6-7-9-17(15)26-20/h6-11,13H,5,12H2,1-4H3,(H,23,24,25). The first-order valence-electron chi connectivity index (χ1n) is 9.06. The van der Waals surface area contributed by atoms with Gasteiger partial charge in [-0.2, -0.15) is 8.42 Å². The Morgan fingerprint density at radius 1 is 1.26 bits per heavy atom. The van der Waals surface area contributed by atoms with Gasteiger partial charge in [-0.1, -0.05) is 18.2 Å². The molecular weight excluding hydrogens is 364 g/mol. The summed E-state index contributed by atoms with van der Waals surface area (Å²) in [6.07, 6.45) is 5.41. The van der Waals surface area contributed by atoms with Crippen molar-refractivity contribution in [2.75, 3.05) is 6.54 Å². The van der Waals surface area contributed by atoms with Gasteiger partial charge in [-0.3, -0.25) is 9.55 Å². The average Bonchev–Trinajstić information content (AvgIpc) is 2.78. The van der Waals surface area contributed by atoms with Crippen LogP contribution in [0.1, 0.15) is 34.1 Å². The van der Waals surface area contributed by atoms with Crippen molar-refractivity contribution in [3.8, 4) is 5.75 Å². The Morgan fingerprint density at radius 2 is 1.96 bits per heavy atom. The van der Waals surface area contributed by atoms with E-state index >= 15 is 0 Å². The molecule has 1 N–H and O–H groups in total. The van der Waals surface area contributed by atoms with E-state index in [4.69, 9.17) is 4.74 Å². The minimum atomic E-state index is -4.24. The van der Waals surface area contributed by atoms with Crippen LogP contribution in [0, 0.1) is 5.41 Å². The average molecular weight is 388 g/mol. The Balaban J connectivity index is 1.85. The fourth-order valence-electron chi connectivity index (χ4n) is 4.38. The van der Waals surface area contributed by atoms with Gasteiger partial charge in [-0.05, 0) is 57.9 Å². The number of ether oxygens (including phenoxy) is 1. The summed E-state index contributed by atoms with van der Waals surface area (Å²) in [5, 5.41) is 0. The predicted molar refractivity (Wildman–Crippen MR) is 105 cm³/mol. The summed E-state index contributed by atoms with van der Waals surface area (Å²) in [6, 6.07) is 7.62. The maximum Gasteiger partial charge on any atom is 0.274 e. The highest BCUT2D eigenvalue weighted by Crippen LogP contribution is 2.57. The summed E-state index contributed by atoms with van der Waals surface area (Å²) in [5.74, 6) is 0.702. The van der Waals surface area contributed by atoms with Gasteiger partial charge in [0.05, 0.1) is 11.6 Å². The Labute approximate surface area is 160 Å². The Morgan fingerprint density at radius 3 is 2.63 bits per heavy atom. The molecule has 0 saturated heterocycles. The van der Waals surface area contributed by atoms with Gasteiger partial charge in [0.2, 0.25) is 5.72 Å². The van der Waals surface area contributed by atoms with Crippen LogP contribution in [0.3, 0.4) is 0 Å². The lowest BCUT2D eigenvalue weighted by molar-refractivity contribution is -0.0501. The lowest BCUT2D eigenvalue weighted by atomic mass is 9.72. The minimum Gasteiger partial charge on any atom is -0.459 e. The highest BCUT2D eigenvalue weighted by Gasteiger charge is 2.62. The monoisotopic (exact) mass is 388 g/mol. The van der Waals surface area contributed by atoms with Gasteiger partial charge in [0.25, 0.3) is 10.1 Å². The second-order valence-corrected chi connectivity index (χ2v) is 9.94. The molecule has 144 valence electrons. The van der Waals surface area contributed by atoms with Crippen LogP contribution in [0.15, 0.2) is 52.7 Å². The fourth-order valence-corrected chi connectivity index (χ4v) is 4.95. The van der Waals surface area contributed by atoms with Crippen molar-refractivity contribution in [3.05, 3.63) is 47.7 Å². The smallest absolute Gasteiger partial charge is 0.274 e. The lowest BCUT2D eigenvalue weighted by Crippen LogP contribution is -2.59. The van der Waals surface area contributed by atoms with Crippen LogP contribution in [0.5, 0.6) is 5.75 Å². The number of benzene rings is 1. The van der Waals surface area contributed by atoms with E-state index < -0.39 is 26.0 Å². The summed E-state index contributed by atoms with van der Waals surface area (Å²) in [6.45, 7) is 8.34. The summed E-state index contributed by atoms with van der Waals surface area (Å²) < 4.78 is 39.0. The molecule has 3 aliphatic rings. The SMILES string of the molecule is CCN1C2=C(CC(C)(S(=O)(=O)O)C=C2)C(C)(C)C12C=Nc1ccccc1O2. The van der Waals surface area contributed by atoms with Gasteiger partial charge in [-0.15, -0.1) is 0 Å². The first-order chi connectivity index (χ1) is 12.6. The van der Waals surface area contributed by atoms with Gasteiger partial charge < -0.3 is 9.64 Å². The van der Waals surface area contributed by atoms with Gasteiger partial charge in [0, 0.05) is 12.2 Å². The Bertz CT molecular complexity index is 1010. The Hall–Kier alpha value is -2.12. The second-order valence-electron chi connectivity index (χ2n) is 8.06. The van der Waals surface area contributed by atoms with Crippen LogP contribution in [0.4, 0.5) is 5.69 Å². The fraction of sp³-hybridized carbons (Fsp3) is 0.450. The number of para-hydroxylation sites is 2. The van der Waals surface area contributed by atoms with Gasteiger partial charge in [0.1, 0.15) is 16.2 Å². The number of hydrogen-bond acceptors (Lipinski definition) is 5. The van der Waals surface area contributed by atoms with Crippen molar-refractivity contribution in [2.45, 2.75) is 44.6 Å². The third-order valence-corrected chi connectivity index (χ3v) is 7.65. The zero-order valence-electron chi connectivity index (χ0n) is 15.9. The van der Waals surface area contributed by atoms with Crippen molar-refractivity contribution in [2.24, 2.45) is 10.4 Å². The third kappa shape index (κ3) is 2.28. The molecule has 0 bridgehead atoms. The first-order valence-corrected chi connectivity index (χ1v) is 10.5. The van der Waals surface area contributed by atoms with E-state index in [0.29, 0.717) is 12.3 Å². The summed E-state index contributed by atoms with van der Waals surface area (Å²) in [7, 11) is -4.24. The van der Waals surface area contributed by atoms with Crippen molar-refractivity contribution in [1.82, 2.24) is 4.90 Å². The zero-order valence-corrected chi connectivity index (χ0v) is 16.7. The predicted octanol–water partition coefficient (Wildman–Crippen LogP) is 3.70. The number of rotatable bonds is 2. The van der Waals surface area contributed by atoms with E-state index in [1.165, 1.54) is 0 Å². The van der Waals surface area contributed by atoms with Crippen molar-refractivity contribution in [1.29, 1.82) is 0 Å². The maximum atomic E-state index is 12.0. The zero-order chi connectivity index (χ0) is 19.7. The first kappa shape index (κ1) is 18.3. The molecule has 2 unspecified atom stereocenters. The molecule has 0 fully saturated rings. The third-order valence-electron chi connectivity index (χ3n) is 6.19. The Kier molecular flexibility index (Phi) is 3.69.